The Kier molecular flexibility index (Phi) is 4.60. The molecule has 0 aliphatic rings. The SMILES string of the molecule is CNCc1cc(S(=O)(=O)Nc2nc(C)c(C)s2)ccc1F. The Morgan fingerprint density at radius 2 is 2.05 bits per heavy atom. The molecule has 0 saturated carbocycles. The molecule has 2 rings (SSSR count). The van der Waals surface area contributed by atoms with Gasteiger partial charge < -0.3 is 5.32 Å². The number of hydrogen-bond donors (Lipinski definition) is 2. The zero-order valence-electron chi connectivity index (χ0n) is 11.9. The van der Waals surface area contributed by atoms with Gasteiger partial charge in [0, 0.05) is 17.0 Å². The van der Waals surface area contributed by atoms with Crippen molar-refractivity contribution in [1.29, 1.82) is 0 Å². The highest BCUT2D eigenvalue weighted by atomic mass is 32.2. The van der Waals surface area contributed by atoms with Crippen molar-refractivity contribution < 1.29 is 12.8 Å². The zero-order valence-corrected chi connectivity index (χ0v) is 13.5. The van der Waals surface area contributed by atoms with Crippen LogP contribution < -0.4 is 10.0 Å². The van der Waals surface area contributed by atoms with Gasteiger partial charge in [-0.25, -0.2) is 17.8 Å². The van der Waals surface area contributed by atoms with Crippen LogP contribution in [0.4, 0.5) is 9.52 Å². The molecule has 21 heavy (non-hydrogen) atoms. The van der Waals surface area contributed by atoms with Crippen molar-refractivity contribution in [1.82, 2.24) is 10.3 Å². The van der Waals surface area contributed by atoms with E-state index >= 15 is 0 Å². The summed E-state index contributed by atoms with van der Waals surface area (Å²) in [6, 6.07) is 3.71. The molecule has 114 valence electrons. The number of halogens is 1. The first-order chi connectivity index (χ1) is 9.83. The van der Waals surface area contributed by atoms with Crippen molar-refractivity contribution in [3.63, 3.8) is 0 Å². The third-order valence-corrected chi connectivity index (χ3v) is 5.40. The smallest absolute Gasteiger partial charge is 0.263 e. The first kappa shape index (κ1) is 15.9. The molecule has 0 fully saturated rings. The topological polar surface area (TPSA) is 71.1 Å². The summed E-state index contributed by atoms with van der Waals surface area (Å²) in [6.45, 7) is 3.94. The fourth-order valence-corrected chi connectivity index (χ4v) is 3.83. The van der Waals surface area contributed by atoms with Crippen LogP contribution in [0.2, 0.25) is 0 Å². The maximum atomic E-state index is 13.6. The van der Waals surface area contributed by atoms with Gasteiger partial charge in [0.2, 0.25) is 0 Å². The zero-order chi connectivity index (χ0) is 15.6. The number of sulfonamides is 1. The van der Waals surface area contributed by atoms with Crippen LogP contribution in [0, 0.1) is 19.7 Å². The van der Waals surface area contributed by atoms with Crippen molar-refractivity contribution in [2.24, 2.45) is 0 Å². The van der Waals surface area contributed by atoms with E-state index < -0.39 is 15.8 Å². The fraction of sp³-hybridized carbons (Fsp3) is 0.308. The average molecular weight is 329 g/mol. The van der Waals surface area contributed by atoms with Crippen molar-refractivity contribution in [3.05, 3.63) is 40.2 Å². The van der Waals surface area contributed by atoms with Crippen LogP contribution in [0.1, 0.15) is 16.1 Å². The predicted molar refractivity (Wildman–Crippen MR) is 81.6 cm³/mol. The minimum absolute atomic E-state index is 0.0136. The number of benzene rings is 1. The Morgan fingerprint density at radius 1 is 1.33 bits per heavy atom. The highest BCUT2D eigenvalue weighted by Crippen LogP contribution is 2.24. The number of hydrogen-bond acceptors (Lipinski definition) is 5. The highest BCUT2D eigenvalue weighted by Gasteiger charge is 2.18. The van der Waals surface area contributed by atoms with E-state index in [1.165, 1.54) is 23.5 Å². The van der Waals surface area contributed by atoms with Gasteiger partial charge in [-0.1, -0.05) is 0 Å². The number of thiazole rings is 1. The van der Waals surface area contributed by atoms with E-state index in [0.717, 1.165) is 16.6 Å². The van der Waals surface area contributed by atoms with E-state index in [1.54, 1.807) is 7.05 Å². The summed E-state index contributed by atoms with van der Waals surface area (Å²) in [6.07, 6.45) is 0. The molecule has 0 aliphatic heterocycles. The second kappa shape index (κ2) is 6.08. The first-order valence-corrected chi connectivity index (χ1v) is 8.53. The molecule has 2 N–H and O–H groups in total. The Morgan fingerprint density at radius 3 is 2.62 bits per heavy atom. The van der Waals surface area contributed by atoms with Gasteiger partial charge >= 0.3 is 0 Å². The molecular weight excluding hydrogens is 313 g/mol. The molecule has 8 heteroatoms. The van der Waals surface area contributed by atoms with Crippen LogP contribution in [-0.2, 0) is 16.6 Å². The average Bonchev–Trinajstić information content (AvgIpc) is 2.70. The van der Waals surface area contributed by atoms with Gasteiger partial charge in [-0.05, 0) is 39.1 Å². The molecule has 0 saturated heterocycles. The van der Waals surface area contributed by atoms with Crippen molar-refractivity contribution >= 4 is 26.5 Å². The predicted octanol–water partition coefficient (Wildman–Crippen LogP) is 2.42. The quantitative estimate of drug-likeness (QED) is 0.884. The Bertz CT molecular complexity index is 737. The Labute approximate surface area is 127 Å². The maximum Gasteiger partial charge on any atom is 0.263 e. The van der Waals surface area contributed by atoms with Crippen LogP contribution in [0.15, 0.2) is 23.1 Å². The summed E-state index contributed by atoms with van der Waals surface area (Å²) in [5.74, 6) is -0.441. The lowest BCUT2D eigenvalue weighted by Gasteiger charge is -2.08. The van der Waals surface area contributed by atoms with Crippen molar-refractivity contribution in [3.8, 4) is 0 Å². The molecule has 0 amide bonds. The normalized spacial score (nSPS) is 11.6. The summed E-state index contributed by atoms with van der Waals surface area (Å²) >= 11 is 1.27. The van der Waals surface area contributed by atoms with E-state index in [2.05, 4.69) is 15.0 Å². The van der Waals surface area contributed by atoms with Gasteiger partial charge in [0.15, 0.2) is 5.13 Å². The van der Waals surface area contributed by atoms with Crippen LogP contribution in [-0.4, -0.2) is 20.4 Å². The molecule has 1 heterocycles. The number of aromatic nitrogens is 1. The molecule has 0 bridgehead atoms. The number of nitrogens with zero attached hydrogens (tertiary/aromatic N) is 1. The van der Waals surface area contributed by atoms with Crippen LogP contribution in [0.3, 0.4) is 0 Å². The summed E-state index contributed by atoms with van der Waals surface area (Å²) in [7, 11) is -2.10. The van der Waals surface area contributed by atoms with Gasteiger partial charge in [0.1, 0.15) is 5.82 Å². The molecule has 1 aromatic carbocycles. The third kappa shape index (κ3) is 3.58. The fourth-order valence-electron chi connectivity index (χ4n) is 1.73. The standard InChI is InChI=1S/C13H16FN3O2S2/c1-8-9(2)20-13(16-8)17-21(18,19)11-4-5-12(14)10(6-11)7-15-3/h4-6,15H,7H2,1-3H3,(H,16,17). The van der Waals surface area contributed by atoms with E-state index in [-0.39, 0.29) is 11.4 Å². The van der Waals surface area contributed by atoms with Gasteiger partial charge in [0.25, 0.3) is 10.0 Å². The van der Waals surface area contributed by atoms with Crippen LogP contribution in [0.25, 0.3) is 0 Å². The highest BCUT2D eigenvalue weighted by molar-refractivity contribution is 7.93. The van der Waals surface area contributed by atoms with Crippen LogP contribution in [0.5, 0.6) is 0 Å². The molecule has 0 radical (unpaired) electrons. The molecule has 0 unspecified atom stereocenters. The molecule has 5 nitrogen and oxygen atoms in total. The summed E-state index contributed by atoms with van der Waals surface area (Å²) in [5, 5.41) is 3.11. The van der Waals surface area contributed by atoms with Gasteiger partial charge in [-0.3, -0.25) is 4.72 Å². The number of nitrogens with one attached hydrogen (secondary N) is 2. The van der Waals surface area contributed by atoms with Crippen molar-refractivity contribution in [2.45, 2.75) is 25.3 Å². The van der Waals surface area contributed by atoms with Gasteiger partial charge in [-0.15, -0.1) is 11.3 Å². The molecule has 0 spiro atoms. The molecular formula is C13H16FN3O2S2. The van der Waals surface area contributed by atoms with Gasteiger partial charge in [-0.2, -0.15) is 0 Å². The van der Waals surface area contributed by atoms with Crippen molar-refractivity contribution in [2.75, 3.05) is 11.8 Å². The number of aryl methyl sites for hydroxylation is 2. The molecule has 0 aliphatic carbocycles. The monoisotopic (exact) mass is 329 g/mol. The lowest BCUT2D eigenvalue weighted by atomic mass is 10.2. The number of anilines is 1. The second-order valence-corrected chi connectivity index (χ2v) is 7.44. The minimum Gasteiger partial charge on any atom is -0.316 e. The summed E-state index contributed by atoms with van der Waals surface area (Å²) < 4.78 is 40.6. The minimum atomic E-state index is -3.77. The van der Waals surface area contributed by atoms with E-state index in [9.17, 15) is 12.8 Å². The van der Waals surface area contributed by atoms with E-state index in [1.807, 2.05) is 13.8 Å². The lowest BCUT2D eigenvalue weighted by Crippen LogP contribution is -2.14. The summed E-state index contributed by atoms with van der Waals surface area (Å²) in [4.78, 5) is 5.10. The summed E-state index contributed by atoms with van der Waals surface area (Å²) in [5.41, 5.74) is 1.08. The van der Waals surface area contributed by atoms with E-state index in [0.29, 0.717) is 10.7 Å². The largest absolute Gasteiger partial charge is 0.316 e. The lowest BCUT2D eigenvalue weighted by molar-refractivity contribution is 0.591. The number of rotatable bonds is 5. The molecule has 1 aromatic heterocycles. The first-order valence-electron chi connectivity index (χ1n) is 6.23. The van der Waals surface area contributed by atoms with Gasteiger partial charge in [0.05, 0.1) is 10.6 Å². The molecule has 2 aromatic rings. The third-order valence-electron chi connectivity index (χ3n) is 2.94. The maximum absolute atomic E-state index is 13.6. The second-order valence-electron chi connectivity index (χ2n) is 4.55. The van der Waals surface area contributed by atoms with E-state index in [4.69, 9.17) is 0 Å². The Balaban J connectivity index is 2.33. The molecule has 0 atom stereocenters. The Hall–Kier alpha value is -1.51. The van der Waals surface area contributed by atoms with Crippen LogP contribution >= 0.6 is 11.3 Å².